The van der Waals surface area contributed by atoms with E-state index in [-0.39, 0.29) is 5.91 Å². The lowest BCUT2D eigenvalue weighted by atomic mass is 9.95. The number of hydrogen-bond acceptors (Lipinski definition) is 1. The number of piperidine rings is 1. The summed E-state index contributed by atoms with van der Waals surface area (Å²) in [5, 5.41) is 0.607. The summed E-state index contributed by atoms with van der Waals surface area (Å²) in [6, 6.07) is 7.15. The summed E-state index contributed by atoms with van der Waals surface area (Å²) in [5.41, 5.74) is 0.675. The molecule has 1 aromatic carbocycles. The van der Waals surface area contributed by atoms with Crippen molar-refractivity contribution in [3.63, 3.8) is 0 Å². The van der Waals surface area contributed by atoms with E-state index in [1.807, 2.05) is 17.0 Å². The molecular formula is C14H17Cl2NO. The van der Waals surface area contributed by atoms with Gasteiger partial charge in [-0.25, -0.2) is 0 Å². The van der Waals surface area contributed by atoms with Crippen molar-refractivity contribution < 1.29 is 4.79 Å². The summed E-state index contributed by atoms with van der Waals surface area (Å²) in [7, 11) is 0. The summed E-state index contributed by atoms with van der Waals surface area (Å²) in [6.45, 7) is 1.65. The molecule has 0 N–H and O–H groups in total. The number of rotatable bonds is 3. The van der Waals surface area contributed by atoms with E-state index in [9.17, 15) is 4.79 Å². The average Bonchev–Trinajstić information content (AvgIpc) is 2.39. The SMILES string of the molecule is O=C(c1cccc(Cl)c1)N1CCCC(CCCl)C1. The van der Waals surface area contributed by atoms with Gasteiger partial charge in [0.15, 0.2) is 0 Å². The molecule has 0 aromatic heterocycles. The van der Waals surface area contributed by atoms with Crippen molar-refractivity contribution in [1.29, 1.82) is 0 Å². The maximum atomic E-state index is 12.3. The Labute approximate surface area is 118 Å². The Bertz CT molecular complexity index is 420. The van der Waals surface area contributed by atoms with Crippen molar-refractivity contribution in [1.82, 2.24) is 4.90 Å². The summed E-state index contributed by atoms with van der Waals surface area (Å²) in [5.74, 6) is 1.29. The van der Waals surface area contributed by atoms with Crippen molar-refractivity contribution in [3.05, 3.63) is 34.9 Å². The Morgan fingerprint density at radius 2 is 2.28 bits per heavy atom. The third-order valence-electron chi connectivity index (χ3n) is 3.40. The van der Waals surface area contributed by atoms with Gasteiger partial charge in [-0.2, -0.15) is 0 Å². The Kier molecular flexibility index (Phi) is 4.90. The molecule has 1 saturated heterocycles. The van der Waals surface area contributed by atoms with Crippen LogP contribution in [0, 0.1) is 5.92 Å². The topological polar surface area (TPSA) is 20.3 Å². The van der Waals surface area contributed by atoms with Crippen LogP contribution in [0.2, 0.25) is 5.02 Å². The number of likely N-dealkylation sites (tertiary alicyclic amines) is 1. The van der Waals surface area contributed by atoms with Gasteiger partial charge in [-0.15, -0.1) is 11.6 Å². The zero-order valence-corrected chi connectivity index (χ0v) is 11.8. The van der Waals surface area contributed by atoms with Crippen molar-refractivity contribution in [3.8, 4) is 0 Å². The number of halogens is 2. The molecule has 0 bridgehead atoms. The molecule has 1 heterocycles. The normalized spacial score (nSPS) is 19.9. The Morgan fingerprint density at radius 3 is 3.00 bits per heavy atom. The third kappa shape index (κ3) is 3.39. The fourth-order valence-corrected chi connectivity index (χ4v) is 2.94. The van der Waals surface area contributed by atoms with Gasteiger partial charge < -0.3 is 4.90 Å². The first-order chi connectivity index (χ1) is 8.70. The third-order valence-corrected chi connectivity index (χ3v) is 3.85. The molecule has 1 aliphatic rings. The van der Waals surface area contributed by atoms with Crippen LogP contribution >= 0.6 is 23.2 Å². The van der Waals surface area contributed by atoms with Gasteiger partial charge in [0, 0.05) is 29.6 Å². The van der Waals surface area contributed by atoms with Crippen molar-refractivity contribution in [2.75, 3.05) is 19.0 Å². The number of hydrogen-bond donors (Lipinski definition) is 0. The van der Waals surface area contributed by atoms with E-state index in [1.54, 1.807) is 12.1 Å². The number of amides is 1. The zero-order chi connectivity index (χ0) is 13.0. The molecule has 1 atom stereocenters. The monoisotopic (exact) mass is 285 g/mol. The Morgan fingerprint density at radius 1 is 1.44 bits per heavy atom. The van der Waals surface area contributed by atoms with Gasteiger partial charge >= 0.3 is 0 Å². The second kappa shape index (κ2) is 6.44. The fraction of sp³-hybridized carbons (Fsp3) is 0.500. The van der Waals surface area contributed by atoms with E-state index in [0.29, 0.717) is 22.4 Å². The van der Waals surface area contributed by atoms with E-state index >= 15 is 0 Å². The molecule has 18 heavy (non-hydrogen) atoms. The molecule has 1 fully saturated rings. The van der Waals surface area contributed by atoms with E-state index in [2.05, 4.69) is 0 Å². The number of carbonyl (C=O) groups excluding carboxylic acids is 1. The van der Waals surface area contributed by atoms with E-state index in [1.165, 1.54) is 6.42 Å². The Hall–Kier alpha value is -0.730. The van der Waals surface area contributed by atoms with Crippen LogP contribution in [0.5, 0.6) is 0 Å². The van der Waals surface area contributed by atoms with Crippen LogP contribution in [0.25, 0.3) is 0 Å². The molecule has 0 aliphatic carbocycles. The maximum absolute atomic E-state index is 12.3. The first kappa shape index (κ1) is 13.7. The molecule has 1 aromatic rings. The molecule has 0 radical (unpaired) electrons. The van der Waals surface area contributed by atoms with Gasteiger partial charge in [-0.3, -0.25) is 4.79 Å². The smallest absolute Gasteiger partial charge is 0.253 e. The van der Waals surface area contributed by atoms with Crippen LogP contribution in [-0.4, -0.2) is 29.8 Å². The molecule has 1 unspecified atom stereocenters. The van der Waals surface area contributed by atoms with Gasteiger partial charge in [0.1, 0.15) is 0 Å². The molecule has 2 nitrogen and oxygen atoms in total. The van der Waals surface area contributed by atoms with Crippen LogP contribution in [0.4, 0.5) is 0 Å². The number of benzene rings is 1. The highest BCUT2D eigenvalue weighted by Gasteiger charge is 2.24. The minimum absolute atomic E-state index is 0.0803. The molecule has 98 valence electrons. The predicted molar refractivity (Wildman–Crippen MR) is 75.4 cm³/mol. The number of carbonyl (C=O) groups is 1. The summed E-state index contributed by atoms with van der Waals surface area (Å²) < 4.78 is 0. The van der Waals surface area contributed by atoms with Crippen molar-refractivity contribution >= 4 is 29.1 Å². The Balaban J connectivity index is 2.04. The molecular weight excluding hydrogens is 269 g/mol. The van der Waals surface area contributed by atoms with Gasteiger partial charge in [0.2, 0.25) is 0 Å². The summed E-state index contributed by atoms with van der Waals surface area (Å²) in [4.78, 5) is 14.3. The summed E-state index contributed by atoms with van der Waals surface area (Å²) >= 11 is 11.7. The van der Waals surface area contributed by atoms with Crippen LogP contribution in [0.1, 0.15) is 29.6 Å². The standard InChI is InChI=1S/C14H17Cl2NO/c15-7-6-11-3-2-8-17(10-11)14(18)12-4-1-5-13(16)9-12/h1,4-5,9,11H,2-3,6-8,10H2. The van der Waals surface area contributed by atoms with E-state index < -0.39 is 0 Å². The lowest BCUT2D eigenvalue weighted by Gasteiger charge is -2.32. The van der Waals surface area contributed by atoms with Crippen molar-refractivity contribution in [2.45, 2.75) is 19.3 Å². The van der Waals surface area contributed by atoms with Crippen molar-refractivity contribution in [2.24, 2.45) is 5.92 Å². The predicted octanol–water partition coefficient (Wildman–Crippen LogP) is 3.82. The average molecular weight is 286 g/mol. The molecule has 1 amide bonds. The number of alkyl halides is 1. The number of nitrogens with zero attached hydrogens (tertiary/aromatic N) is 1. The van der Waals surface area contributed by atoms with Gasteiger partial charge in [-0.05, 0) is 43.4 Å². The molecule has 4 heteroatoms. The minimum atomic E-state index is 0.0803. The van der Waals surface area contributed by atoms with Crippen LogP contribution < -0.4 is 0 Å². The lowest BCUT2D eigenvalue weighted by molar-refractivity contribution is 0.0671. The highest BCUT2D eigenvalue weighted by molar-refractivity contribution is 6.30. The molecule has 2 rings (SSSR count). The van der Waals surface area contributed by atoms with Crippen LogP contribution in [0.3, 0.4) is 0 Å². The van der Waals surface area contributed by atoms with E-state index in [4.69, 9.17) is 23.2 Å². The van der Waals surface area contributed by atoms with Crippen LogP contribution in [-0.2, 0) is 0 Å². The first-order valence-corrected chi connectivity index (χ1v) is 7.23. The molecule has 1 aliphatic heterocycles. The van der Waals surface area contributed by atoms with Gasteiger partial charge in [0.25, 0.3) is 5.91 Å². The molecule has 0 spiro atoms. The van der Waals surface area contributed by atoms with Gasteiger partial charge in [0.05, 0.1) is 0 Å². The quantitative estimate of drug-likeness (QED) is 0.773. The van der Waals surface area contributed by atoms with Gasteiger partial charge in [-0.1, -0.05) is 17.7 Å². The maximum Gasteiger partial charge on any atom is 0.253 e. The first-order valence-electron chi connectivity index (χ1n) is 6.31. The zero-order valence-electron chi connectivity index (χ0n) is 10.2. The highest BCUT2D eigenvalue weighted by atomic mass is 35.5. The fourth-order valence-electron chi connectivity index (χ4n) is 2.44. The lowest BCUT2D eigenvalue weighted by Crippen LogP contribution is -2.40. The summed E-state index contributed by atoms with van der Waals surface area (Å²) in [6.07, 6.45) is 3.22. The minimum Gasteiger partial charge on any atom is -0.338 e. The van der Waals surface area contributed by atoms with Crippen LogP contribution in [0.15, 0.2) is 24.3 Å². The highest BCUT2D eigenvalue weighted by Crippen LogP contribution is 2.22. The molecule has 0 saturated carbocycles. The van der Waals surface area contributed by atoms with E-state index in [0.717, 1.165) is 25.9 Å². The largest absolute Gasteiger partial charge is 0.338 e. The second-order valence-electron chi connectivity index (χ2n) is 4.75. The second-order valence-corrected chi connectivity index (χ2v) is 5.56.